The maximum absolute atomic E-state index is 12.7. The van der Waals surface area contributed by atoms with Gasteiger partial charge in [-0.2, -0.15) is 0 Å². The number of hydrogen-bond donors (Lipinski definition) is 1. The first-order chi connectivity index (χ1) is 13.1. The smallest absolute Gasteiger partial charge is 0.251 e. The van der Waals surface area contributed by atoms with Crippen molar-refractivity contribution < 1.29 is 19.0 Å². The lowest BCUT2D eigenvalue weighted by atomic mass is 9.92. The molecule has 0 spiro atoms. The molecule has 27 heavy (non-hydrogen) atoms. The van der Waals surface area contributed by atoms with E-state index in [1.807, 2.05) is 6.92 Å². The van der Waals surface area contributed by atoms with Gasteiger partial charge in [0.2, 0.25) is 0 Å². The molecule has 1 N–H and O–H groups in total. The molecule has 0 bridgehead atoms. The van der Waals surface area contributed by atoms with Gasteiger partial charge in [-0.1, -0.05) is 26.7 Å². The summed E-state index contributed by atoms with van der Waals surface area (Å²) in [4.78, 5) is 15.2. The Morgan fingerprint density at radius 1 is 1.19 bits per heavy atom. The minimum absolute atomic E-state index is 0.0828. The van der Waals surface area contributed by atoms with E-state index in [-0.39, 0.29) is 5.91 Å². The molecule has 0 aliphatic carbocycles. The Kier molecular flexibility index (Phi) is 8.88. The zero-order chi connectivity index (χ0) is 19.6. The average molecular weight is 379 g/mol. The van der Waals surface area contributed by atoms with Crippen molar-refractivity contribution in [1.82, 2.24) is 10.2 Å². The molecule has 1 saturated heterocycles. The van der Waals surface area contributed by atoms with Gasteiger partial charge < -0.3 is 19.5 Å². The van der Waals surface area contributed by atoms with Crippen molar-refractivity contribution in [1.29, 1.82) is 0 Å². The lowest BCUT2D eigenvalue weighted by Crippen LogP contribution is -2.52. The van der Waals surface area contributed by atoms with Crippen molar-refractivity contribution in [3.8, 4) is 11.5 Å². The van der Waals surface area contributed by atoms with Crippen LogP contribution in [0.15, 0.2) is 18.2 Å². The number of amides is 1. The molecular formula is C21H34N2O4. The van der Waals surface area contributed by atoms with Gasteiger partial charge in [0.15, 0.2) is 11.5 Å². The highest BCUT2D eigenvalue weighted by atomic mass is 16.5. The zero-order valence-corrected chi connectivity index (χ0v) is 17.1. The molecule has 1 aromatic carbocycles. The molecule has 0 saturated carbocycles. The summed E-state index contributed by atoms with van der Waals surface area (Å²) in [7, 11) is 1.58. The SMILES string of the molecule is CCOc1ccc(C(=O)NCC(C(CC)CC)N2CCOCC2)cc1OC. The summed E-state index contributed by atoms with van der Waals surface area (Å²) in [5.74, 6) is 1.70. The molecule has 0 radical (unpaired) electrons. The molecule has 1 amide bonds. The lowest BCUT2D eigenvalue weighted by molar-refractivity contribution is 0.00191. The Bertz CT molecular complexity index is 584. The van der Waals surface area contributed by atoms with Crippen molar-refractivity contribution >= 4 is 5.91 Å². The van der Waals surface area contributed by atoms with Gasteiger partial charge in [0, 0.05) is 31.2 Å². The number of methoxy groups -OCH3 is 1. The fourth-order valence-electron chi connectivity index (χ4n) is 3.72. The third-order valence-electron chi connectivity index (χ3n) is 5.31. The van der Waals surface area contributed by atoms with Crippen LogP contribution in [0.3, 0.4) is 0 Å². The van der Waals surface area contributed by atoms with Gasteiger partial charge in [-0.15, -0.1) is 0 Å². The van der Waals surface area contributed by atoms with Gasteiger partial charge in [0.1, 0.15) is 0 Å². The van der Waals surface area contributed by atoms with Crippen LogP contribution in [0.2, 0.25) is 0 Å². The maximum Gasteiger partial charge on any atom is 0.251 e. The monoisotopic (exact) mass is 378 g/mol. The van der Waals surface area contributed by atoms with E-state index >= 15 is 0 Å². The Balaban J connectivity index is 2.05. The van der Waals surface area contributed by atoms with E-state index in [9.17, 15) is 4.79 Å². The number of carbonyl (C=O) groups excluding carboxylic acids is 1. The standard InChI is InChI=1S/C21H34N2O4/c1-5-16(6-2)18(23-10-12-26-13-11-23)15-22-21(24)17-8-9-19(27-7-3)20(14-17)25-4/h8-9,14,16,18H,5-7,10-13,15H2,1-4H3,(H,22,24). The highest BCUT2D eigenvalue weighted by molar-refractivity contribution is 5.94. The summed E-state index contributed by atoms with van der Waals surface area (Å²) < 4.78 is 16.4. The number of morpholine rings is 1. The van der Waals surface area contributed by atoms with Gasteiger partial charge in [-0.25, -0.2) is 0 Å². The highest BCUT2D eigenvalue weighted by Crippen LogP contribution is 2.28. The molecule has 1 aliphatic rings. The third kappa shape index (κ3) is 5.84. The Hall–Kier alpha value is -1.79. The fraction of sp³-hybridized carbons (Fsp3) is 0.667. The predicted octanol–water partition coefficient (Wildman–Crippen LogP) is 2.96. The fourth-order valence-corrected chi connectivity index (χ4v) is 3.72. The summed E-state index contributed by atoms with van der Waals surface area (Å²) >= 11 is 0. The number of benzene rings is 1. The van der Waals surface area contributed by atoms with Crippen molar-refractivity contribution in [3.63, 3.8) is 0 Å². The Morgan fingerprint density at radius 2 is 1.89 bits per heavy atom. The van der Waals surface area contributed by atoms with Crippen molar-refractivity contribution in [2.45, 2.75) is 39.7 Å². The van der Waals surface area contributed by atoms with E-state index in [2.05, 4.69) is 24.1 Å². The van der Waals surface area contributed by atoms with E-state index in [1.54, 1.807) is 25.3 Å². The number of nitrogens with zero attached hydrogens (tertiary/aromatic N) is 1. The van der Waals surface area contributed by atoms with Crippen LogP contribution in [-0.2, 0) is 4.74 Å². The van der Waals surface area contributed by atoms with Crippen LogP contribution in [-0.4, -0.2) is 63.4 Å². The molecule has 2 rings (SSSR count). The highest BCUT2D eigenvalue weighted by Gasteiger charge is 2.27. The minimum atomic E-state index is -0.0828. The molecule has 1 fully saturated rings. The molecule has 152 valence electrons. The minimum Gasteiger partial charge on any atom is -0.493 e. The molecule has 1 aliphatic heterocycles. The van der Waals surface area contributed by atoms with Crippen LogP contribution in [0.5, 0.6) is 11.5 Å². The first-order valence-corrected chi connectivity index (χ1v) is 10.0. The van der Waals surface area contributed by atoms with E-state index in [1.165, 1.54) is 0 Å². The van der Waals surface area contributed by atoms with E-state index < -0.39 is 0 Å². The summed E-state index contributed by atoms with van der Waals surface area (Å²) in [6.07, 6.45) is 2.20. The number of hydrogen-bond acceptors (Lipinski definition) is 5. The average Bonchev–Trinajstić information content (AvgIpc) is 2.72. The second-order valence-corrected chi connectivity index (χ2v) is 6.80. The van der Waals surface area contributed by atoms with Gasteiger partial charge in [-0.3, -0.25) is 9.69 Å². The van der Waals surface area contributed by atoms with Gasteiger partial charge in [0.05, 0.1) is 26.9 Å². The summed E-state index contributed by atoms with van der Waals surface area (Å²) in [5.41, 5.74) is 0.584. The summed E-state index contributed by atoms with van der Waals surface area (Å²) in [5, 5.41) is 3.13. The van der Waals surface area contributed by atoms with Crippen LogP contribution in [0.4, 0.5) is 0 Å². The van der Waals surface area contributed by atoms with Crippen LogP contribution in [0, 0.1) is 5.92 Å². The van der Waals surface area contributed by atoms with E-state index in [4.69, 9.17) is 14.2 Å². The lowest BCUT2D eigenvalue weighted by Gasteiger charge is -2.38. The van der Waals surface area contributed by atoms with E-state index in [0.29, 0.717) is 42.2 Å². The van der Waals surface area contributed by atoms with E-state index in [0.717, 1.165) is 39.1 Å². The largest absolute Gasteiger partial charge is 0.493 e. The molecule has 6 nitrogen and oxygen atoms in total. The number of nitrogens with one attached hydrogen (secondary N) is 1. The quantitative estimate of drug-likeness (QED) is 0.678. The van der Waals surface area contributed by atoms with Crippen molar-refractivity contribution in [2.24, 2.45) is 5.92 Å². The summed E-state index contributed by atoms with van der Waals surface area (Å²) in [6, 6.07) is 5.64. The number of ether oxygens (including phenoxy) is 3. The molecule has 1 atom stereocenters. The van der Waals surface area contributed by atoms with Gasteiger partial charge in [0.25, 0.3) is 5.91 Å². The Morgan fingerprint density at radius 3 is 2.48 bits per heavy atom. The predicted molar refractivity (Wildman–Crippen MR) is 107 cm³/mol. The molecule has 1 aromatic rings. The molecule has 6 heteroatoms. The van der Waals surface area contributed by atoms with Crippen LogP contribution < -0.4 is 14.8 Å². The molecule has 0 aromatic heterocycles. The molecular weight excluding hydrogens is 344 g/mol. The topological polar surface area (TPSA) is 60.0 Å². The third-order valence-corrected chi connectivity index (χ3v) is 5.31. The maximum atomic E-state index is 12.7. The van der Waals surface area contributed by atoms with Crippen molar-refractivity contribution in [2.75, 3.05) is 46.6 Å². The van der Waals surface area contributed by atoms with Crippen LogP contribution >= 0.6 is 0 Å². The Labute approximate surface area is 163 Å². The number of carbonyl (C=O) groups is 1. The van der Waals surface area contributed by atoms with Gasteiger partial charge >= 0.3 is 0 Å². The normalized spacial score (nSPS) is 16.2. The first-order valence-electron chi connectivity index (χ1n) is 10.0. The van der Waals surface area contributed by atoms with Gasteiger partial charge in [-0.05, 0) is 31.0 Å². The summed E-state index contributed by atoms with van der Waals surface area (Å²) in [6.45, 7) is 10.9. The second-order valence-electron chi connectivity index (χ2n) is 6.80. The van der Waals surface area contributed by atoms with Crippen LogP contribution in [0.1, 0.15) is 44.0 Å². The first kappa shape index (κ1) is 21.5. The zero-order valence-electron chi connectivity index (χ0n) is 17.1. The molecule has 1 heterocycles. The molecule has 1 unspecified atom stereocenters. The van der Waals surface area contributed by atoms with Crippen LogP contribution in [0.25, 0.3) is 0 Å². The van der Waals surface area contributed by atoms with Crippen molar-refractivity contribution in [3.05, 3.63) is 23.8 Å². The second kappa shape index (κ2) is 11.1. The number of rotatable bonds is 10.